The fraction of sp³-hybridized carbons (Fsp3) is 0.278. The monoisotopic (exact) mass is 451 g/mol. The van der Waals surface area contributed by atoms with Gasteiger partial charge in [-0.2, -0.15) is 5.10 Å². The van der Waals surface area contributed by atoms with E-state index in [2.05, 4.69) is 10.4 Å². The minimum atomic E-state index is -0.442. The predicted molar refractivity (Wildman–Crippen MR) is 118 cm³/mol. The highest BCUT2D eigenvalue weighted by Crippen LogP contribution is 2.35. The zero-order chi connectivity index (χ0) is 19.7. The molecular weight excluding hydrogens is 434 g/mol. The lowest BCUT2D eigenvalue weighted by atomic mass is 10.1. The summed E-state index contributed by atoms with van der Waals surface area (Å²) in [7, 11) is 0. The molecule has 0 radical (unpaired) electrons. The second-order valence-corrected chi connectivity index (χ2v) is 8.20. The SMILES string of the molecule is Cl.O=C1/C(=C/c2cnn(-c3ccc([N+](=O)[O-])cc3)c2)SC(=S)N1C1CCNCC1. The van der Waals surface area contributed by atoms with Crippen molar-refractivity contribution < 1.29 is 9.72 Å². The van der Waals surface area contributed by atoms with Crippen molar-refractivity contribution in [2.24, 2.45) is 0 Å². The summed E-state index contributed by atoms with van der Waals surface area (Å²) >= 11 is 6.75. The third kappa shape index (κ3) is 4.50. The lowest BCUT2D eigenvalue weighted by Crippen LogP contribution is -2.45. The first-order valence-corrected chi connectivity index (χ1v) is 10.0. The molecule has 4 rings (SSSR count). The molecule has 2 aliphatic rings. The quantitative estimate of drug-likeness (QED) is 0.330. The van der Waals surface area contributed by atoms with E-state index in [0.717, 1.165) is 31.5 Å². The predicted octanol–water partition coefficient (Wildman–Crippen LogP) is 3.16. The van der Waals surface area contributed by atoms with Crippen LogP contribution < -0.4 is 5.32 Å². The first-order chi connectivity index (χ1) is 13.5. The molecule has 8 nitrogen and oxygen atoms in total. The Labute approximate surface area is 182 Å². The van der Waals surface area contributed by atoms with Gasteiger partial charge in [-0.15, -0.1) is 12.4 Å². The number of non-ortho nitro benzene ring substituents is 1. The molecule has 2 fully saturated rings. The normalized spacial score (nSPS) is 18.9. The van der Waals surface area contributed by atoms with Gasteiger partial charge in [-0.1, -0.05) is 24.0 Å². The van der Waals surface area contributed by atoms with E-state index in [9.17, 15) is 14.9 Å². The van der Waals surface area contributed by atoms with Crippen LogP contribution in [0.25, 0.3) is 11.8 Å². The first kappa shape index (κ1) is 21.4. The Morgan fingerprint density at radius 2 is 1.97 bits per heavy atom. The molecule has 1 amide bonds. The molecule has 0 unspecified atom stereocenters. The van der Waals surface area contributed by atoms with E-state index in [-0.39, 0.29) is 30.0 Å². The molecule has 3 heterocycles. The van der Waals surface area contributed by atoms with Crippen LogP contribution in [0.15, 0.2) is 41.6 Å². The van der Waals surface area contributed by atoms with Crippen molar-refractivity contribution in [1.82, 2.24) is 20.0 Å². The van der Waals surface area contributed by atoms with Crippen LogP contribution in [0.2, 0.25) is 0 Å². The van der Waals surface area contributed by atoms with E-state index in [1.807, 2.05) is 0 Å². The van der Waals surface area contributed by atoms with Gasteiger partial charge in [-0.05, 0) is 44.1 Å². The van der Waals surface area contributed by atoms with Crippen LogP contribution in [0.1, 0.15) is 18.4 Å². The van der Waals surface area contributed by atoms with Crippen LogP contribution in [0.3, 0.4) is 0 Å². The number of thiocarbonyl (C=S) groups is 1. The molecule has 0 bridgehead atoms. The summed E-state index contributed by atoms with van der Waals surface area (Å²) in [5.41, 5.74) is 1.49. The maximum absolute atomic E-state index is 12.8. The Hall–Kier alpha value is -2.27. The summed E-state index contributed by atoms with van der Waals surface area (Å²) in [5, 5.41) is 18.3. The van der Waals surface area contributed by atoms with Gasteiger partial charge < -0.3 is 5.32 Å². The summed E-state index contributed by atoms with van der Waals surface area (Å²) in [6.07, 6.45) is 7.02. The summed E-state index contributed by atoms with van der Waals surface area (Å²) in [4.78, 5) is 25.5. The van der Waals surface area contributed by atoms with Crippen molar-refractivity contribution in [3.8, 4) is 5.69 Å². The van der Waals surface area contributed by atoms with E-state index in [4.69, 9.17) is 12.2 Å². The third-order valence-electron chi connectivity index (χ3n) is 4.72. The number of nitro groups is 1. The highest BCUT2D eigenvalue weighted by atomic mass is 35.5. The van der Waals surface area contributed by atoms with E-state index in [0.29, 0.717) is 14.9 Å². The second-order valence-electron chi connectivity index (χ2n) is 6.52. The Morgan fingerprint density at radius 1 is 1.28 bits per heavy atom. The van der Waals surface area contributed by atoms with Crippen molar-refractivity contribution >= 4 is 58.4 Å². The van der Waals surface area contributed by atoms with E-state index >= 15 is 0 Å². The molecule has 2 aliphatic heterocycles. The molecule has 152 valence electrons. The maximum atomic E-state index is 12.8. The highest BCUT2D eigenvalue weighted by molar-refractivity contribution is 8.26. The number of piperidine rings is 1. The van der Waals surface area contributed by atoms with Gasteiger partial charge in [0.1, 0.15) is 4.32 Å². The fourth-order valence-electron chi connectivity index (χ4n) is 3.29. The number of halogens is 1. The number of hydrogen-bond acceptors (Lipinski definition) is 7. The maximum Gasteiger partial charge on any atom is 0.269 e. The summed E-state index contributed by atoms with van der Waals surface area (Å²) in [5.74, 6) is -0.0509. The van der Waals surface area contributed by atoms with Gasteiger partial charge in [0.25, 0.3) is 11.6 Å². The highest BCUT2D eigenvalue weighted by Gasteiger charge is 2.37. The Balaban J connectivity index is 0.00000240. The van der Waals surface area contributed by atoms with Crippen LogP contribution >= 0.6 is 36.4 Å². The number of carbonyl (C=O) groups excluding carboxylic acids is 1. The Kier molecular flexibility index (Phi) is 6.68. The van der Waals surface area contributed by atoms with Crippen LogP contribution in [0.5, 0.6) is 0 Å². The molecule has 0 aliphatic carbocycles. The average molecular weight is 452 g/mol. The van der Waals surface area contributed by atoms with Gasteiger partial charge in [0, 0.05) is 29.9 Å². The Bertz CT molecular complexity index is 970. The van der Waals surface area contributed by atoms with E-state index in [1.165, 1.54) is 23.9 Å². The number of nitro benzene ring substituents is 1. The van der Waals surface area contributed by atoms with Gasteiger partial charge in [-0.3, -0.25) is 19.8 Å². The topological polar surface area (TPSA) is 93.3 Å². The standard InChI is InChI=1S/C18H17N5O3S2.ClH/c24-17-16(28-18(27)22(17)14-5-7-19-8-6-14)9-12-10-20-21(11-12)13-1-3-15(4-2-13)23(25)26;/h1-4,9-11,14,19H,5-8H2;1H/b16-9-;. The lowest BCUT2D eigenvalue weighted by molar-refractivity contribution is -0.384. The number of hydrogen-bond donors (Lipinski definition) is 1. The smallest absolute Gasteiger partial charge is 0.269 e. The number of thioether (sulfide) groups is 1. The number of carbonyl (C=O) groups is 1. The molecule has 0 spiro atoms. The molecule has 1 N–H and O–H groups in total. The third-order valence-corrected chi connectivity index (χ3v) is 6.05. The summed E-state index contributed by atoms with van der Waals surface area (Å²) in [6, 6.07) is 6.28. The van der Waals surface area contributed by atoms with Crippen molar-refractivity contribution in [3.63, 3.8) is 0 Å². The zero-order valence-electron chi connectivity index (χ0n) is 15.2. The number of nitrogens with one attached hydrogen (secondary N) is 1. The average Bonchev–Trinajstić information content (AvgIpc) is 3.27. The number of rotatable bonds is 4. The zero-order valence-corrected chi connectivity index (χ0v) is 17.6. The van der Waals surface area contributed by atoms with Crippen LogP contribution in [0.4, 0.5) is 5.69 Å². The van der Waals surface area contributed by atoms with Crippen molar-refractivity contribution in [2.75, 3.05) is 13.1 Å². The molecule has 1 aromatic carbocycles. The second kappa shape index (κ2) is 9.04. The fourth-order valence-corrected chi connectivity index (χ4v) is 4.69. The molecule has 11 heteroatoms. The molecule has 1 aromatic heterocycles. The molecule has 2 aromatic rings. The lowest BCUT2D eigenvalue weighted by Gasteiger charge is -2.30. The molecular formula is C18H18ClN5O3S2. The van der Waals surface area contributed by atoms with Crippen molar-refractivity contribution in [3.05, 3.63) is 57.2 Å². The van der Waals surface area contributed by atoms with E-state index in [1.54, 1.807) is 40.2 Å². The van der Waals surface area contributed by atoms with Gasteiger partial charge in [0.15, 0.2) is 0 Å². The number of benzene rings is 1. The molecule has 0 atom stereocenters. The number of amides is 1. The van der Waals surface area contributed by atoms with Gasteiger partial charge in [0.2, 0.25) is 0 Å². The van der Waals surface area contributed by atoms with Gasteiger partial charge >= 0.3 is 0 Å². The minimum absolute atomic E-state index is 0. The summed E-state index contributed by atoms with van der Waals surface area (Å²) in [6.45, 7) is 1.78. The number of aromatic nitrogens is 2. The van der Waals surface area contributed by atoms with Gasteiger partial charge in [0.05, 0.1) is 21.7 Å². The Morgan fingerprint density at radius 3 is 2.62 bits per heavy atom. The van der Waals surface area contributed by atoms with Gasteiger partial charge in [-0.25, -0.2) is 4.68 Å². The molecule has 29 heavy (non-hydrogen) atoms. The summed E-state index contributed by atoms with van der Waals surface area (Å²) < 4.78 is 2.22. The van der Waals surface area contributed by atoms with Crippen LogP contribution in [-0.2, 0) is 4.79 Å². The van der Waals surface area contributed by atoms with Crippen LogP contribution in [-0.4, -0.2) is 49.0 Å². The van der Waals surface area contributed by atoms with Crippen molar-refractivity contribution in [2.45, 2.75) is 18.9 Å². The van der Waals surface area contributed by atoms with Crippen molar-refractivity contribution in [1.29, 1.82) is 0 Å². The largest absolute Gasteiger partial charge is 0.317 e. The van der Waals surface area contributed by atoms with Crippen LogP contribution in [0, 0.1) is 10.1 Å². The van der Waals surface area contributed by atoms with E-state index < -0.39 is 4.92 Å². The molecule has 0 saturated carbocycles. The number of nitrogens with zero attached hydrogens (tertiary/aromatic N) is 4. The minimum Gasteiger partial charge on any atom is -0.317 e. The molecule has 2 saturated heterocycles. The first-order valence-electron chi connectivity index (χ1n) is 8.80.